The number of rotatable bonds is 22. The quantitative estimate of drug-likeness (QED) is 0.0476. The zero-order valence-corrected chi connectivity index (χ0v) is 48.2. The third kappa shape index (κ3) is 13.4. The van der Waals surface area contributed by atoms with Gasteiger partial charge in [0, 0.05) is 32.3 Å². The van der Waals surface area contributed by atoms with Gasteiger partial charge in [-0.25, -0.2) is 8.42 Å². The molecule has 70 heavy (non-hydrogen) atoms. The van der Waals surface area contributed by atoms with Crippen LogP contribution in [0.3, 0.4) is 0 Å². The lowest BCUT2D eigenvalue weighted by Gasteiger charge is -2.51. The molecule has 0 saturated carbocycles. The molecule has 11 nitrogen and oxygen atoms in total. The maximum Gasteiger partial charge on any atom is 0.193 e. The first kappa shape index (κ1) is 57.7. The predicted octanol–water partition coefficient (Wildman–Crippen LogP) is 11.8. The zero-order valence-electron chi connectivity index (χ0n) is 44.2. The molecule has 0 amide bonds. The third-order valence-corrected chi connectivity index (χ3v) is 24.3. The first-order chi connectivity index (χ1) is 33.0. The fourth-order valence-electron chi connectivity index (χ4n) is 11.6. The molecule has 0 N–H and O–H groups in total. The van der Waals surface area contributed by atoms with Gasteiger partial charge in [-0.15, -0.1) is 0 Å². The fourth-order valence-corrected chi connectivity index (χ4v) is 15.3. The molecule has 5 aliphatic heterocycles. The van der Waals surface area contributed by atoms with Gasteiger partial charge < -0.3 is 37.6 Å². The summed E-state index contributed by atoms with van der Waals surface area (Å²) in [5, 5.41) is -1.43. The lowest BCUT2D eigenvalue weighted by atomic mass is 9.77. The molecule has 0 spiro atoms. The maximum absolute atomic E-state index is 15.4. The lowest BCUT2D eigenvalue weighted by Crippen LogP contribution is -2.58. The van der Waals surface area contributed by atoms with Crippen LogP contribution in [-0.4, -0.2) is 114 Å². The Morgan fingerprint density at radius 2 is 1.63 bits per heavy atom. The van der Waals surface area contributed by atoms with Crippen molar-refractivity contribution in [1.29, 1.82) is 0 Å². The Balaban J connectivity index is 1.25. The number of ether oxygens (including phenoxy) is 6. The number of carbonyl (C=O) groups excluding carboxylic acids is 2. The van der Waals surface area contributed by atoms with Gasteiger partial charge in [0.1, 0.15) is 11.5 Å². The molecule has 0 bridgehead atoms. The smallest absolute Gasteiger partial charge is 0.193 e. The summed E-state index contributed by atoms with van der Waals surface area (Å²) in [6, 6.07) is 8.36. The number of aldehydes is 1. The topological polar surface area (TPSA) is 133 Å². The molecule has 5 unspecified atom stereocenters. The molecular formula is C56H87IO11SSi. The Morgan fingerprint density at radius 1 is 0.929 bits per heavy atom. The van der Waals surface area contributed by atoms with E-state index in [1.807, 2.05) is 4.08 Å². The Labute approximate surface area is 436 Å². The van der Waals surface area contributed by atoms with Crippen LogP contribution < -0.4 is 0 Å². The van der Waals surface area contributed by atoms with E-state index in [0.29, 0.717) is 38.5 Å². The number of halogens is 1. The van der Waals surface area contributed by atoms with E-state index in [4.69, 9.17) is 32.8 Å². The second-order valence-electron chi connectivity index (χ2n) is 23.1. The molecule has 0 aliphatic carbocycles. The maximum atomic E-state index is 15.4. The number of methoxy groups -OCH3 is 1. The summed E-state index contributed by atoms with van der Waals surface area (Å²) in [5.74, 6) is -0.622. The summed E-state index contributed by atoms with van der Waals surface area (Å²) in [6.07, 6.45) is 6.65. The summed E-state index contributed by atoms with van der Waals surface area (Å²) in [5.41, 5.74) is 2.00. The predicted molar refractivity (Wildman–Crippen MR) is 287 cm³/mol. The number of sulfone groups is 1. The lowest BCUT2D eigenvalue weighted by molar-refractivity contribution is -0.237. The second kappa shape index (κ2) is 24.8. The highest BCUT2D eigenvalue weighted by molar-refractivity contribution is 14.1. The van der Waals surface area contributed by atoms with E-state index in [1.165, 1.54) is 0 Å². The second-order valence-corrected chi connectivity index (χ2v) is 30.7. The first-order valence-corrected chi connectivity index (χ1v) is 32.1. The van der Waals surface area contributed by atoms with Crippen molar-refractivity contribution >= 4 is 52.8 Å². The molecule has 0 radical (unpaired) electrons. The Kier molecular flexibility index (Phi) is 20.5. The fraction of sp³-hybridized carbons (Fsp3) is 0.750. The molecule has 5 aliphatic rings. The van der Waals surface area contributed by atoms with Crippen molar-refractivity contribution in [3.8, 4) is 0 Å². The van der Waals surface area contributed by atoms with E-state index in [9.17, 15) is 4.79 Å². The minimum Gasteiger partial charge on any atom is -0.408 e. The van der Waals surface area contributed by atoms with Crippen LogP contribution in [-0.2, 0) is 52.3 Å². The Morgan fingerprint density at radius 3 is 2.27 bits per heavy atom. The normalized spacial score (nSPS) is 35.7. The third-order valence-electron chi connectivity index (χ3n) is 17.3. The van der Waals surface area contributed by atoms with Gasteiger partial charge in [-0.3, -0.25) is 4.79 Å². The highest BCUT2D eigenvalue weighted by Gasteiger charge is 2.57. The number of fused-ring (bicyclic) bond motifs is 1. The number of Topliss-reactive ketones (excluding diaryl/α,β-unsaturated/α-hetero) is 1. The molecule has 0 aromatic heterocycles. The highest BCUT2D eigenvalue weighted by Crippen LogP contribution is 2.47. The number of carbonyl (C=O) groups is 2. The van der Waals surface area contributed by atoms with E-state index in [0.717, 1.165) is 49.5 Å². The molecular weight excluding hydrogens is 1040 g/mol. The average molecular weight is 1120 g/mol. The van der Waals surface area contributed by atoms with E-state index in [2.05, 4.69) is 110 Å². The minimum atomic E-state index is -4.28. The van der Waals surface area contributed by atoms with Crippen molar-refractivity contribution in [3.05, 3.63) is 64.8 Å². The standard InChI is InChI=1S/C56H87IO11SSi/c1-14-34(2)29-50-54(62-11)51(49(66-50)33-48-37(5)35(3)30-41(64-48)22-24-45-36(4)31-40(63-45)19-18-28-58)55(69(60,61)43-20-16-15-17-21-43)44(59)32-42-23-25-46-52(65-42)38(6)39(7)53(67-46)47(26-27-57)68-70(12,13)56(8,9)10/h15-17,20-21,26-28,34-35,38-42,45-55H,4-5,14,18-19,22-25,29-33H2,1-3,6-13H3/b27-26+/t34-,35-,38-,39+,40+,41?,42?,45+,46?,47+,48-,49+,50-,51+,52?,53-,54+,55?/m1/s1. The molecule has 14 heteroatoms. The van der Waals surface area contributed by atoms with Crippen molar-refractivity contribution in [2.75, 3.05) is 7.11 Å². The van der Waals surface area contributed by atoms with Crippen LogP contribution in [0.4, 0.5) is 0 Å². The summed E-state index contributed by atoms with van der Waals surface area (Å²) >= 11 is 2.26. The SMILES string of the molecule is C=C1C[C@H](CCC=O)O[C@H]1CCC1C[C@@H](C)C(=C)[C@@H](C[C@@H]2O[C@H](C[C@H](C)CC)[C@H](OC)[C@H]2C(C(=O)CC2CCC3O[C@@H]([C@H](/C=C/I)O[Si](C)(C)C(C)(C)C)[C@@H](C)[C@@H](C)C3O2)S(=O)(=O)c2ccccc2)O1. The zero-order chi connectivity index (χ0) is 51.3. The van der Waals surface area contributed by atoms with Crippen LogP contribution in [0.2, 0.25) is 18.1 Å². The molecule has 394 valence electrons. The van der Waals surface area contributed by atoms with Crippen LogP contribution in [0.1, 0.15) is 132 Å². The van der Waals surface area contributed by atoms with Gasteiger partial charge >= 0.3 is 0 Å². The number of hydrogen-bond donors (Lipinski definition) is 0. The van der Waals surface area contributed by atoms with Gasteiger partial charge in [0.2, 0.25) is 0 Å². The molecule has 1 aromatic carbocycles. The molecule has 18 atom stereocenters. The van der Waals surface area contributed by atoms with Gasteiger partial charge in [0.05, 0.1) is 78.1 Å². The molecule has 5 fully saturated rings. The Bertz CT molecular complexity index is 2060. The minimum absolute atomic E-state index is 0.00900. The Hall–Kier alpha value is -1.60. The number of benzene rings is 1. The van der Waals surface area contributed by atoms with E-state index in [-0.39, 0.29) is 88.5 Å². The van der Waals surface area contributed by atoms with Crippen molar-refractivity contribution in [2.45, 2.75) is 234 Å². The largest absolute Gasteiger partial charge is 0.408 e. The number of ketones is 1. The van der Waals surface area contributed by atoms with Gasteiger partial charge in [-0.1, -0.05) is 116 Å². The van der Waals surface area contributed by atoms with Crippen LogP contribution in [0.25, 0.3) is 0 Å². The monoisotopic (exact) mass is 1120 g/mol. The summed E-state index contributed by atoms with van der Waals surface area (Å²) < 4.78 is 80.2. The van der Waals surface area contributed by atoms with Crippen LogP contribution >= 0.6 is 22.6 Å². The average Bonchev–Trinajstić information content (AvgIpc) is 3.84. The van der Waals surface area contributed by atoms with E-state index >= 15 is 13.2 Å². The van der Waals surface area contributed by atoms with Crippen molar-refractivity contribution in [2.24, 2.45) is 29.6 Å². The van der Waals surface area contributed by atoms with E-state index < -0.39 is 59.8 Å². The van der Waals surface area contributed by atoms with Gasteiger partial charge in [0.15, 0.2) is 23.9 Å². The van der Waals surface area contributed by atoms with Gasteiger partial charge in [-0.05, 0) is 127 Å². The summed E-state index contributed by atoms with van der Waals surface area (Å²) in [4.78, 5) is 26.5. The van der Waals surface area contributed by atoms with Gasteiger partial charge in [0.25, 0.3) is 0 Å². The van der Waals surface area contributed by atoms with Crippen LogP contribution in [0, 0.1) is 29.6 Å². The molecule has 6 rings (SSSR count). The summed E-state index contributed by atoms with van der Waals surface area (Å²) in [6.45, 7) is 31.0. The van der Waals surface area contributed by atoms with Gasteiger partial charge in [-0.2, -0.15) is 0 Å². The molecule has 5 heterocycles. The molecule has 1 aromatic rings. The van der Waals surface area contributed by atoms with Crippen LogP contribution in [0.15, 0.2) is 69.7 Å². The number of hydrogen-bond acceptors (Lipinski definition) is 11. The van der Waals surface area contributed by atoms with Crippen molar-refractivity contribution < 1.29 is 50.9 Å². The molecule has 5 saturated heterocycles. The van der Waals surface area contributed by atoms with Crippen molar-refractivity contribution in [3.63, 3.8) is 0 Å². The van der Waals surface area contributed by atoms with E-state index in [1.54, 1.807) is 37.4 Å². The van der Waals surface area contributed by atoms with Crippen LogP contribution in [0.5, 0.6) is 0 Å². The van der Waals surface area contributed by atoms with Crippen molar-refractivity contribution in [1.82, 2.24) is 0 Å². The first-order valence-electron chi connectivity index (χ1n) is 26.4. The highest BCUT2D eigenvalue weighted by atomic mass is 127. The summed E-state index contributed by atoms with van der Waals surface area (Å²) in [7, 11) is -4.81.